The van der Waals surface area contributed by atoms with Crippen LogP contribution in [0.25, 0.3) is 0 Å². The quantitative estimate of drug-likeness (QED) is 0.750. The lowest BCUT2D eigenvalue weighted by molar-refractivity contribution is -0.0228. The first-order chi connectivity index (χ1) is 9.66. The summed E-state index contributed by atoms with van der Waals surface area (Å²) in [5, 5.41) is 10.4. The number of halogens is 2. The number of aryl methyl sites for hydroxylation is 1. The monoisotopic (exact) mass is 441 g/mol. The minimum Gasteiger partial charge on any atom is -0.386 e. The van der Waals surface area contributed by atoms with Gasteiger partial charge in [-0.15, -0.1) is 0 Å². The van der Waals surface area contributed by atoms with Crippen LogP contribution in [0.2, 0.25) is 0 Å². The number of benzene rings is 1. The van der Waals surface area contributed by atoms with Crippen molar-refractivity contribution in [1.29, 1.82) is 0 Å². The SMILES string of the molecule is Cc1cc(Br)c(S(=O)(=O)NCC2(O)CCOC2C)cc1Br. The number of sulfonamides is 1. The van der Waals surface area contributed by atoms with E-state index in [1.807, 2.05) is 6.92 Å². The maximum atomic E-state index is 12.4. The fraction of sp³-hybridized carbons (Fsp3) is 0.538. The molecule has 0 spiro atoms. The summed E-state index contributed by atoms with van der Waals surface area (Å²) in [6.07, 6.45) is 0.0171. The molecule has 0 saturated carbocycles. The Morgan fingerprint density at radius 1 is 1.43 bits per heavy atom. The standard InChI is InChI=1S/C13H17Br2NO4S/c1-8-5-11(15)12(6-10(8)14)21(18,19)16-7-13(17)3-4-20-9(13)2/h5-6,9,16-17H,3-4,7H2,1-2H3. The molecule has 118 valence electrons. The first kappa shape index (κ1) is 17.4. The van der Waals surface area contributed by atoms with Crippen molar-refractivity contribution in [3.63, 3.8) is 0 Å². The smallest absolute Gasteiger partial charge is 0.241 e. The molecule has 1 aliphatic rings. The number of aliphatic hydroxyl groups is 1. The molecule has 1 aromatic rings. The van der Waals surface area contributed by atoms with Gasteiger partial charge in [-0.2, -0.15) is 0 Å². The van der Waals surface area contributed by atoms with Gasteiger partial charge in [-0.3, -0.25) is 0 Å². The summed E-state index contributed by atoms with van der Waals surface area (Å²) in [5.74, 6) is 0. The number of hydrogen-bond acceptors (Lipinski definition) is 4. The third kappa shape index (κ3) is 3.68. The van der Waals surface area contributed by atoms with Gasteiger partial charge in [-0.25, -0.2) is 13.1 Å². The Bertz CT molecular complexity index is 650. The predicted molar refractivity (Wildman–Crippen MR) is 86.7 cm³/mol. The molecule has 1 fully saturated rings. The van der Waals surface area contributed by atoms with E-state index in [0.29, 0.717) is 22.0 Å². The van der Waals surface area contributed by atoms with E-state index < -0.39 is 21.7 Å². The Labute approximate surface area is 141 Å². The van der Waals surface area contributed by atoms with E-state index in [1.165, 1.54) is 0 Å². The summed E-state index contributed by atoms with van der Waals surface area (Å²) in [4.78, 5) is 0.134. The summed E-state index contributed by atoms with van der Waals surface area (Å²) >= 11 is 6.60. The molecule has 2 unspecified atom stereocenters. The Kier molecular flexibility index (Phi) is 5.17. The van der Waals surface area contributed by atoms with E-state index in [1.54, 1.807) is 19.1 Å². The molecule has 1 aliphatic heterocycles. The second-order valence-electron chi connectivity index (χ2n) is 5.22. The van der Waals surface area contributed by atoms with Crippen LogP contribution in [0.5, 0.6) is 0 Å². The Morgan fingerprint density at radius 3 is 2.67 bits per heavy atom. The van der Waals surface area contributed by atoms with E-state index in [-0.39, 0.29) is 11.4 Å². The van der Waals surface area contributed by atoms with E-state index >= 15 is 0 Å². The van der Waals surface area contributed by atoms with Crippen molar-refractivity contribution < 1.29 is 18.3 Å². The highest BCUT2D eigenvalue weighted by Crippen LogP contribution is 2.30. The summed E-state index contributed by atoms with van der Waals surface area (Å²) in [5.41, 5.74) is -0.237. The molecule has 1 aromatic carbocycles. The third-order valence-electron chi connectivity index (χ3n) is 3.73. The van der Waals surface area contributed by atoms with Gasteiger partial charge in [0.1, 0.15) is 5.60 Å². The van der Waals surface area contributed by atoms with E-state index in [9.17, 15) is 13.5 Å². The molecule has 0 bridgehead atoms. The summed E-state index contributed by atoms with van der Waals surface area (Å²) in [7, 11) is -3.72. The lowest BCUT2D eigenvalue weighted by atomic mass is 9.97. The van der Waals surface area contributed by atoms with E-state index in [4.69, 9.17) is 4.74 Å². The average molecular weight is 443 g/mol. The van der Waals surface area contributed by atoms with Gasteiger partial charge in [0.25, 0.3) is 0 Å². The van der Waals surface area contributed by atoms with Gasteiger partial charge in [0.2, 0.25) is 10.0 Å². The highest BCUT2D eigenvalue weighted by Gasteiger charge is 2.40. The normalized spacial score (nSPS) is 26.2. The molecule has 0 radical (unpaired) electrons. The molecule has 8 heteroatoms. The van der Waals surface area contributed by atoms with Crippen LogP contribution in [0, 0.1) is 6.92 Å². The summed E-state index contributed by atoms with van der Waals surface area (Å²) < 4.78 is 33.8. The van der Waals surface area contributed by atoms with Crippen molar-refractivity contribution in [3.8, 4) is 0 Å². The van der Waals surface area contributed by atoms with Crippen LogP contribution >= 0.6 is 31.9 Å². The highest BCUT2D eigenvalue weighted by atomic mass is 79.9. The van der Waals surface area contributed by atoms with Crippen molar-refractivity contribution in [2.24, 2.45) is 0 Å². The second kappa shape index (κ2) is 6.25. The van der Waals surface area contributed by atoms with Gasteiger partial charge < -0.3 is 9.84 Å². The Morgan fingerprint density at radius 2 is 2.10 bits per heavy atom. The van der Waals surface area contributed by atoms with Gasteiger partial charge in [-0.1, -0.05) is 15.9 Å². The first-order valence-electron chi connectivity index (χ1n) is 6.45. The molecule has 2 N–H and O–H groups in total. The van der Waals surface area contributed by atoms with E-state index in [2.05, 4.69) is 36.6 Å². The summed E-state index contributed by atoms with van der Waals surface area (Å²) in [6.45, 7) is 3.96. The zero-order valence-corrected chi connectivity index (χ0v) is 15.7. The van der Waals surface area contributed by atoms with Gasteiger partial charge >= 0.3 is 0 Å². The molecular formula is C13H17Br2NO4S. The van der Waals surface area contributed by atoms with Crippen LogP contribution in [-0.4, -0.2) is 38.4 Å². The highest BCUT2D eigenvalue weighted by molar-refractivity contribution is 9.11. The second-order valence-corrected chi connectivity index (χ2v) is 8.67. The molecule has 21 heavy (non-hydrogen) atoms. The minimum absolute atomic E-state index is 0.0750. The molecule has 1 heterocycles. The van der Waals surface area contributed by atoms with Gasteiger partial charge in [0.05, 0.1) is 11.0 Å². The van der Waals surface area contributed by atoms with Crippen LogP contribution < -0.4 is 4.72 Å². The molecule has 0 aliphatic carbocycles. The number of nitrogens with one attached hydrogen (secondary N) is 1. The maximum absolute atomic E-state index is 12.4. The topological polar surface area (TPSA) is 75.6 Å². The Hall–Kier alpha value is 0.01000. The van der Waals surface area contributed by atoms with E-state index in [0.717, 1.165) is 5.56 Å². The first-order valence-corrected chi connectivity index (χ1v) is 9.52. The van der Waals surface area contributed by atoms with Crippen molar-refractivity contribution in [2.45, 2.75) is 36.9 Å². The minimum atomic E-state index is -3.72. The third-order valence-corrected chi connectivity index (χ3v) is 6.94. The van der Waals surface area contributed by atoms with Crippen molar-refractivity contribution >= 4 is 41.9 Å². The van der Waals surface area contributed by atoms with Crippen molar-refractivity contribution in [3.05, 3.63) is 26.6 Å². The predicted octanol–water partition coefficient (Wildman–Crippen LogP) is 2.34. The van der Waals surface area contributed by atoms with Gasteiger partial charge in [0.15, 0.2) is 0 Å². The molecule has 0 amide bonds. The van der Waals surface area contributed by atoms with Gasteiger partial charge in [0, 0.05) is 28.5 Å². The molecule has 5 nitrogen and oxygen atoms in total. The fourth-order valence-electron chi connectivity index (χ4n) is 2.13. The molecule has 2 atom stereocenters. The van der Waals surface area contributed by atoms with Crippen LogP contribution in [0.15, 0.2) is 26.0 Å². The van der Waals surface area contributed by atoms with Crippen molar-refractivity contribution in [1.82, 2.24) is 4.72 Å². The molecular weight excluding hydrogens is 426 g/mol. The molecule has 1 saturated heterocycles. The zero-order chi connectivity index (χ0) is 15.8. The van der Waals surface area contributed by atoms with Crippen molar-refractivity contribution in [2.75, 3.05) is 13.2 Å². The lowest BCUT2D eigenvalue weighted by Crippen LogP contribution is -2.47. The summed E-state index contributed by atoms with van der Waals surface area (Å²) in [6, 6.07) is 3.27. The largest absolute Gasteiger partial charge is 0.386 e. The lowest BCUT2D eigenvalue weighted by Gasteiger charge is -2.26. The Balaban J connectivity index is 2.21. The number of ether oxygens (including phenoxy) is 1. The maximum Gasteiger partial charge on any atom is 0.241 e. The zero-order valence-electron chi connectivity index (χ0n) is 11.7. The van der Waals surface area contributed by atoms with Gasteiger partial charge in [-0.05, 0) is 47.5 Å². The van der Waals surface area contributed by atoms with Crippen LogP contribution in [-0.2, 0) is 14.8 Å². The molecule has 2 rings (SSSR count). The van der Waals surface area contributed by atoms with Crippen LogP contribution in [0.1, 0.15) is 18.9 Å². The van der Waals surface area contributed by atoms with Crippen LogP contribution in [0.3, 0.4) is 0 Å². The fourth-order valence-corrected chi connectivity index (χ4v) is 4.91. The van der Waals surface area contributed by atoms with Crippen LogP contribution in [0.4, 0.5) is 0 Å². The number of hydrogen-bond donors (Lipinski definition) is 2. The molecule has 0 aromatic heterocycles. The average Bonchev–Trinajstić information content (AvgIpc) is 2.72. The number of rotatable bonds is 4.